The van der Waals surface area contributed by atoms with E-state index >= 15 is 0 Å². The van der Waals surface area contributed by atoms with Gasteiger partial charge in [-0.1, -0.05) is 54.1 Å². The van der Waals surface area contributed by atoms with E-state index in [1.165, 1.54) is 18.4 Å². The van der Waals surface area contributed by atoms with Crippen LogP contribution in [0.4, 0.5) is 0 Å². The Bertz CT molecular complexity index is 608. The Morgan fingerprint density at radius 3 is 2.24 bits per heavy atom. The third kappa shape index (κ3) is 3.96. The molecular weight excluding hydrogens is 300 g/mol. The lowest BCUT2D eigenvalue weighted by atomic mass is 9.99. The van der Waals surface area contributed by atoms with Crippen molar-refractivity contribution in [2.45, 2.75) is 24.9 Å². The van der Waals surface area contributed by atoms with E-state index in [9.17, 15) is 0 Å². The van der Waals surface area contributed by atoms with Crippen LogP contribution in [0.25, 0.3) is 0 Å². The molecule has 2 nitrogen and oxygen atoms in total. The molecule has 0 heterocycles. The second-order valence-corrected chi connectivity index (χ2v) is 6.13. The molecule has 0 amide bonds. The lowest BCUT2D eigenvalue weighted by molar-refractivity contribution is 0.734. The normalized spacial score (nSPS) is 15.3. The van der Waals surface area contributed by atoms with Crippen LogP contribution in [0.3, 0.4) is 0 Å². The Morgan fingerprint density at radius 2 is 1.62 bits per heavy atom. The van der Waals surface area contributed by atoms with E-state index in [0.29, 0.717) is 11.2 Å². The fourth-order valence-corrected chi connectivity index (χ4v) is 2.66. The van der Waals surface area contributed by atoms with Crippen LogP contribution in [-0.4, -0.2) is 11.2 Å². The minimum absolute atomic E-state index is 0.0298. The zero-order chi connectivity index (χ0) is 14.7. The fraction of sp³-hybridized carbons (Fsp3) is 0.235. The summed E-state index contributed by atoms with van der Waals surface area (Å²) >= 11 is 11.4. The Morgan fingerprint density at radius 1 is 1.00 bits per heavy atom. The maximum Gasteiger partial charge on any atom is 0.167 e. The van der Waals surface area contributed by atoms with Gasteiger partial charge in [-0.15, -0.1) is 0 Å². The highest BCUT2D eigenvalue weighted by atomic mass is 35.5. The van der Waals surface area contributed by atoms with Crippen LogP contribution in [0.15, 0.2) is 54.6 Å². The number of rotatable bonds is 4. The summed E-state index contributed by atoms with van der Waals surface area (Å²) in [4.78, 5) is 0. The topological polar surface area (TPSA) is 24.1 Å². The van der Waals surface area contributed by atoms with Gasteiger partial charge < -0.3 is 10.6 Å². The van der Waals surface area contributed by atoms with E-state index in [0.717, 1.165) is 10.6 Å². The number of halogens is 1. The van der Waals surface area contributed by atoms with E-state index in [-0.39, 0.29) is 6.04 Å². The molecule has 2 aromatic carbocycles. The average Bonchev–Trinajstić information content (AvgIpc) is 3.31. The SMILES string of the molecule is S=C(NC1CC1)NC(c1ccccc1)c1ccc(Cl)cc1. The monoisotopic (exact) mass is 316 g/mol. The average molecular weight is 317 g/mol. The van der Waals surface area contributed by atoms with Crippen LogP contribution in [0, 0.1) is 0 Å². The molecule has 1 fully saturated rings. The lowest BCUT2D eigenvalue weighted by Gasteiger charge is -2.22. The molecule has 1 saturated carbocycles. The van der Waals surface area contributed by atoms with Gasteiger partial charge in [-0.2, -0.15) is 0 Å². The number of benzene rings is 2. The molecule has 2 aromatic rings. The highest BCUT2D eigenvalue weighted by Gasteiger charge is 2.23. The van der Waals surface area contributed by atoms with Crippen molar-refractivity contribution in [1.29, 1.82) is 0 Å². The predicted molar refractivity (Wildman–Crippen MR) is 91.6 cm³/mol. The quantitative estimate of drug-likeness (QED) is 0.832. The van der Waals surface area contributed by atoms with Crippen molar-refractivity contribution in [2.75, 3.05) is 0 Å². The minimum Gasteiger partial charge on any atom is -0.360 e. The molecule has 0 saturated heterocycles. The first kappa shape index (κ1) is 14.4. The summed E-state index contributed by atoms with van der Waals surface area (Å²) in [5.41, 5.74) is 2.32. The summed E-state index contributed by atoms with van der Waals surface area (Å²) in [6, 6.07) is 18.8. The largest absolute Gasteiger partial charge is 0.360 e. The third-order valence-corrected chi connectivity index (χ3v) is 4.01. The highest BCUT2D eigenvalue weighted by molar-refractivity contribution is 7.80. The van der Waals surface area contributed by atoms with Crippen LogP contribution in [0.5, 0.6) is 0 Å². The van der Waals surface area contributed by atoms with Gasteiger partial charge in [-0.3, -0.25) is 0 Å². The number of nitrogens with one attached hydrogen (secondary N) is 2. The molecule has 108 valence electrons. The van der Waals surface area contributed by atoms with Gasteiger partial charge in [-0.25, -0.2) is 0 Å². The summed E-state index contributed by atoms with van der Waals surface area (Å²) < 4.78 is 0. The van der Waals surface area contributed by atoms with Crippen LogP contribution < -0.4 is 10.6 Å². The minimum atomic E-state index is 0.0298. The van der Waals surface area contributed by atoms with Crippen LogP contribution in [0.1, 0.15) is 30.0 Å². The molecule has 0 aliphatic heterocycles. The van der Waals surface area contributed by atoms with E-state index in [4.69, 9.17) is 23.8 Å². The van der Waals surface area contributed by atoms with E-state index in [1.807, 2.05) is 42.5 Å². The Labute approximate surface area is 135 Å². The van der Waals surface area contributed by atoms with Gasteiger partial charge in [0.05, 0.1) is 6.04 Å². The molecule has 21 heavy (non-hydrogen) atoms. The zero-order valence-electron chi connectivity index (χ0n) is 11.6. The molecular formula is C17H17ClN2S. The second kappa shape index (κ2) is 6.46. The molecule has 0 aromatic heterocycles. The van der Waals surface area contributed by atoms with Gasteiger partial charge in [0.1, 0.15) is 0 Å². The first-order chi connectivity index (χ1) is 10.2. The summed E-state index contributed by atoms with van der Waals surface area (Å²) in [5.74, 6) is 0. The maximum absolute atomic E-state index is 5.99. The second-order valence-electron chi connectivity index (χ2n) is 5.29. The van der Waals surface area contributed by atoms with Gasteiger partial charge in [-0.05, 0) is 48.3 Å². The van der Waals surface area contributed by atoms with Crippen molar-refractivity contribution in [2.24, 2.45) is 0 Å². The summed E-state index contributed by atoms with van der Waals surface area (Å²) in [6.45, 7) is 0. The van der Waals surface area contributed by atoms with Gasteiger partial charge in [0.15, 0.2) is 5.11 Å². The highest BCUT2D eigenvalue weighted by Crippen LogP contribution is 2.24. The zero-order valence-corrected chi connectivity index (χ0v) is 13.1. The fourth-order valence-electron chi connectivity index (χ4n) is 2.25. The molecule has 0 radical (unpaired) electrons. The predicted octanol–water partition coefficient (Wildman–Crippen LogP) is 4.06. The number of thiocarbonyl (C=S) groups is 1. The molecule has 2 N–H and O–H groups in total. The molecule has 1 atom stereocenters. The first-order valence-corrected chi connectivity index (χ1v) is 7.88. The van der Waals surface area contributed by atoms with Crippen molar-refractivity contribution in [1.82, 2.24) is 10.6 Å². The molecule has 1 aliphatic carbocycles. The molecule has 1 aliphatic rings. The molecule has 4 heteroatoms. The maximum atomic E-state index is 5.99. The molecule has 1 unspecified atom stereocenters. The Kier molecular flexibility index (Phi) is 4.42. The van der Waals surface area contributed by atoms with Crippen molar-refractivity contribution in [3.8, 4) is 0 Å². The van der Waals surface area contributed by atoms with Gasteiger partial charge >= 0.3 is 0 Å². The number of hydrogen-bond acceptors (Lipinski definition) is 1. The summed E-state index contributed by atoms with van der Waals surface area (Å²) in [6.07, 6.45) is 2.41. The molecule has 0 bridgehead atoms. The van der Waals surface area contributed by atoms with Crippen molar-refractivity contribution in [3.05, 3.63) is 70.7 Å². The molecule has 3 rings (SSSR count). The van der Waals surface area contributed by atoms with Crippen molar-refractivity contribution < 1.29 is 0 Å². The third-order valence-electron chi connectivity index (χ3n) is 3.52. The Balaban J connectivity index is 1.83. The van der Waals surface area contributed by atoms with E-state index < -0.39 is 0 Å². The number of hydrogen-bond donors (Lipinski definition) is 2. The van der Waals surface area contributed by atoms with Crippen molar-refractivity contribution >= 4 is 28.9 Å². The van der Waals surface area contributed by atoms with E-state index in [2.05, 4.69) is 22.8 Å². The molecule has 0 spiro atoms. The van der Waals surface area contributed by atoms with Crippen LogP contribution in [0.2, 0.25) is 5.02 Å². The van der Waals surface area contributed by atoms with Gasteiger partial charge in [0, 0.05) is 11.1 Å². The van der Waals surface area contributed by atoms with Crippen LogP contribution in [-0.2, 0) is 0 Å². The summed E-state index contributed by atoms with van der Waals surface area (Å²) in [5, 5.41) is 8.20. The van der Waals surface area contributed by atoms with Gasteiger partial charge in [0.25, 0.3) is 0 Å². The first-order valence-electron chi connectivity index (χ1n) is 7.10. The smallest absolute Gasteiger partial charge is 0.167 e. The van der Waals surface area contributed by atoms with Crippen molar-refractivity contribution in [3.63, 3.8) is 0 Å². The van der Waals surface area contributed by atoms with E-state index in [1.54, 1.807) is 0 Å². The lowest BCUT2D eigenvalue weighted by Crippen LogP contribution is -2.39. The van der Waals surface area contributed by atoms with Crippen LogP contribution >= 0.6 is 23.8 Å². The Hall–Kier alpha value is -1.58. The summed E-state index contributed by atoms with van der Waals surface area (Å²) in [7, 11) is 0. The van der Waals surface area contributed by atoms with Gasteiger partial charge in [0.2, 0.25) is 0 Å². The standard InChI is InChI=1S/C17H17ClN2S/c18-14-8-6-13(7-9-14)16(12-4-2-1-3-5-12)20-17(21)19-15-10-11-15/h1-9,15-16H,10-11H2,(H2,19,20,21).